The van der Waals surface area contributed by atoms with Crippen LogP contribution in [0.2, 0.25) is 0 Å². The van der Waals surface area contributed by atoms with Crippen molar-refractivity contribution in [3.05, 3.63) is 11.8 Å². The van der Waals surface area contributed by atoms with Crippen molar-refractivity contribution in [1.29, 1.82) is 0 Å². The van der Waals surface area contributed by atoms with E-state index < -0.39 is 6.29 Å². The van der Waals surface area contributed by atoms with Gasteiger partial charge in [0.25, 0.3) is 0 Å². The van der Waals surface area contributed by atoms with Gasteiger partial charge in [0.2, 0.25) is 0 Å². The lowest BCUT2D eigenvalue weighted by Gasteiger charge is -2.17. The van der Waals surface area contributed by atoms with Gasteiger partial charge in [-0.15, -0.1) is 0 Å². The number of carbonyl (C=O) groups excluding carboxylic acids is 1. The van der Waals surface area contributed by atoms with Crippen LogP contribution >= 0.6 is 0 Å². The van der Waals surface area contributed by atoms with Gasteiger partial charge in [0.1, 0.15) is 0 Å². The van der Waals surface area contributed by atoms with Gasteiger partial charge >= 0.3 is 5.97 Å². The molecular weight excluding hydrogens is 160 g/mol. The third kappa shape index (κ3) is 2.23. The van der Waals surface area contributed by atoms with Gasteiger partial charge in [0.05, 0.1) is 18.4 Å². The number of rotatable bonds is 2. The van der Waals surface area contributed by atoms with E-state index in [1.165, 1.54) is 6.26 Å². The first-order chi connectivity index (χ1) is 5.74. The van der Waals surface area contributed by atoms with E-state index in [2.05, 4.69) is 0 Å². The average Bonchev–Trinajstić information content (AvgIpc) is 2.06. The minimum Gasteiger partial charge on any atom is -0.472 e. The van der Waals surface area contributed by atoms with Gasteiger partial charge in [-0.05, 0) is 13.3 Å². The maximum Gasteiger partial charge on any atom is 0.337 e. The molecule has 0 aromatic heterocycles. The van der Waals surface area contributed by atoms with E-state index in [1.807, 2.05) is 0 Å². The summed E-state index contributed by atoms with van der Waals surface area (Å²) in [6, 6.07) is 0. The smallest absolute Gasteiger partial charge is 0.337 e. The third-order valence-electron chi connectivity index (χ3n) is 1.57. The van der Waals surface area contributed by atoms with Crippen molar-refractivity contribution < 1.29 is 19.4 Å². The first-order valence-electron chi connectivity index (χ1n) is 3.93. The molecule has 1 N–H and O–H groups in total. The fourth-order valence-corrected chi connectivity index (χ4v) is 0.941. The van der Waals surface area contributed by atoms with E-state index in [1.54, 1.807) is 6.92 Å². The third-order valence-corrected chi connectivity index (χ3v) is 1.57. The quantitative estimate of drug-likeness (QED) is 0.618. The minimum atomic E-state index is -0.775. The van der Waals surface area contributed by atoms with Gasteiger partial charge < -0.3 is 14.6 Å². The molecule has 0 aliphatic carbocycles. The molecule has 0 aromatic rings. The van der Waals surface area contributed by atoms with Crippen molar-refractivity contribution in [2.45, 2.75) is 26.1 Å². The Morgan fingerprint density at radius 1 is 1.92 bits per heavy atom. The Morgan fingerprint density at radius 2 is 2.67 bits per heavy atom. The number of aliphatic hydroxyl groups is 1. The molecule has 0 spiro atoms. The Labute approximate surface area is 70.8 Å². The Kier molecular flexibility index (Phi) is 3.10. The summed E-state index contributed by atoms with van der Waals surface area (Å²) < 4.78 is 9.50. The zero-order chi connectivity index (χ0) is 8.97. The highest BCUT2D eigenvalue weighted by atomic mass is 16.6. The normalized spacial score (nSPS) is 22.5. The van der Waals surface area contributed by atoms with Crippen LogP contribution in [0, 0.1) is 0 Å². The fourth-order valence-electron chi connectivity index (χ4n) is 0.941. The summed E-state index contributed by atoms with van der Waals surface area (Å²) in [6.07, 6.45) is 1.46. The number of aliphatic hydroxyl groups excluding tert-OH is 1. The van der Waals surface area contributed by atoms with Crippen LogP contribution in [0.1, 0.15) is 19.8 Å². The number of carbonyl (C=O) groups is 1. The summed E-state index contributed by atoms with van der Waals surface area (Å²) in [4.78, 5) is 11.1. The maximum atomic E-state index is 11.1. The lowest BCUT2D eigenvalue weighted by atomic mass is 10.1. The molecule has 0 amide bonds. The summed E-state index contributed by atoms with van der Waals surface area (Å²) in [5, 5.41) is 8.92. The second kappa shape index (κ2) is 4.11. The van der Waals surface area contributed by atoms with Crippen molar-refractivity contribution in [2.75, 3.05) is 6.61 Å². The highest BCUT2D eigenvalue weighted by Crippen LogP contribution is 2.16. The Morgan fingerprint density at radius 3 is 3.17 bits per heavy atom. The van der Waals surface area contributed by atoms with Gasteiger partial charge in [-0.1, -0.05) is 0 Å². The molecule has 4 nitrogen and oxygen atoms in total. The van der Waals surface area contributed by atoms with Crippen LogP contribution in [0.15, 0.2) is 11.8 Å². The summed E-state index contributed by atoms with van der Waals surface area (Å²) in [6.45, 7) is 2.11. The zero-order valence-electron chi connectivity index (χ0n) is 6.95. The molecule has 1 atom stereocenters. The van der Waals surface area contributed by atoms with Gasteiger partial charge in [0, 0.05) is 6.42 Å². The maximum absolute atomic E-state index is 11.1. The number of ether oxygens (including phenoxy) is 2. The highest BCUT2D eigenvalue weighted by molar-refractivity contribution is 5.88. The second-order valence-corrected chi connectivity index (χ2v) is 2.49. The highest BCUT2D eigenvalue weighted by Gasteiger charge is 2.18. The molecule has 68 valence electrons. The van der Waals surface area contributed by atoms with Crippen LogP contribution in [0.25, 0.3) is 0 Å². The topological polar surface area (TPSA) is 55.8 Å². The first-order valence-corrected chi connectivity index (χ1v) is 3.93. The van der Waals surface area contributed by atoms with Crippen LogP contribution < -0.4 is 0 Å². The SMILES string of the molecule is CCOC(=O)C1=COC(O)CC1. The van der Waals surface area contributed by atoms with Crippen molar-refractivity contribution in [1.82, 2.24) is 0 Å². The molecule has 1 unspecified atom stereocenters. The van der Waals surface area contributed by atoms with Crippen LogP contribution in [-0.4, -0.2) is 24.0 Å². The van der Waals surface area contributed by atoms with Crippen molar-refractivity contribution >= 4 is 5.97 Å². The largest absolute Gasteiger partial charge is 0.472 e. The molecule has 0 bridgehead atoms. The Bertz CT molecular complexity index is 197. The first kappa shape index (κ1) is 9.06. The molecule has 0 saturated carbocycles. The van der Waals surface area contributed by atoms with Crippen molar-refractivity contribution in [3.8, 4) is 0 Å². The van der Waals surface area contributed by atoms with Gasteiger partial charge in [-0.25, -0.2) is 4.79 Å². The van der Waals surface area contributed by atoms with E-state index in [0.29, 0.717) is 25.0 Å². The molecule has 12 heavy (non-hydrogen) atoms. The van der Waals surface area contributed by atoms with Gasteiger partial charge in [-0.2, -0.15) is 0 Å². The molecule has 4 heteroatoms. The molecular formula is C8H12O4. The molecule has 1 aliphatic heterocycles. The lowest BCUT2D eigenvalue weighted by molar-refractivity contribution is -0.140. The van der Waals surface area contributed by atoms with Crippen LogP contribution in [-0.2, 0) is 14.3 Å². The monoisotopic (exact) mass is 172 g/mol. The van der Waals surface area contributed by atoms with E-state index in [9.17, 15) is 4.79 Å². The van der Waals surface area contributed by atoms with E-state index in [4.69, 9.17) is 14.6 Å². The number of esters is 1. The second-order valence-electron chi connectivity index (χ2n) is 2.49. The summed E-state index contributed by atoms with van der Waals surface area (Å²) in [5.41, 5.74) is 0.488. The molecule has 0 saturated heterocycles. The number of hydrogen-bond donors (Lipinski definition) is 1. The van der Waals surface area contributed by atoms with E-state index >= 15 is 0 Å². The molecule has 1 rings (SSSR count). The predicted octanol–water partition coefficient (Wildman–Crippen LogP) is 0.562. The molecule has 0 radical (unpaired) electrons. The van der Waals surface area contributed by atoms with Crippen molar-refractivity contribution in [2.24, 2.45) is 0 Å². The fraction of sp³-hybridized carbons (Fsp3) is 0.625. The van der Waals surface area contributed by atoms with Crippen LogP contribution in [0.4, 0.5) is 0 Å². The molecule has 1 aliphatic rings. The zero-order valence-corrected chi connectivity index (χ0v) is 6.95. The van der Waals surface area contributed by atoms with Crippen LogP contribution in [0.3, 0.4) is 0 Å². The molecule has 0 fully saturated rings. The van der Waals surface area contributed by atoms with Crippen LogP contribution in [0.5, 0.6) is 0 Å². The lowest BCUT2D eigenvalue weighted by Crippen LogP contribution is -2.18. The predicted molar refractivity (Wildman–Crippen MR) is 41.0 cm³/mol. The summed E-state index contributed by atoms with van der Waals surface area (Å²) in [5.74, 6) is -0.357. The van der Waals surface area contributed by atoms with Crippen molar-refractivity contribution in [3.63, 3.8) is 0 Å². The summed E-state index contributed by atoms with van der Waals surface area (Å²) in [7, 11) is 0. The Hall–Kier alpha value is -1.03. The molecule has 0 aromatic carbocycles. The van der Waals surface area contributed by atoms with E-state index in [-0.39, 0.29) is 5.97 Å². The summed E-state index contributed by atoms with van der Waals surface area (Å²) >= 11 is 0. The average molecular weight is 172 g/mol. The Balaban J connectivity index is 2.47. The standard InChI is InChI=1S/C8H12O4/c1-2-11-8(10)6-3-4-7(9)12-5-6/h5,7,9H,2-4H2,1H3. The minimum absolute atomic E-state index is 0.357. The molecule has 1 heterocycles. The van der Waals surface area contributed by atoms with E-state index in [0.717, 1.165) is 0 Å². The van der Waals surface area contributed by atoms with Gasteiger partial charge in [-0.3, -0.25) is 0 Å². The number of hydrogen-bond acceptors (Lipinski definition) is 4. The van der Waals surface area contributed by atoms with Gasteiger partial charge in [0.15, 0.2) is 6.29 Å².